The largest absolute Gasteiger partial charge is 0.397 e. The maximum atomic E-state index is 6.08. The van der Waals surface area contributed by atoms with Crippen molar-refractivity contribution in [2.75, 3.05) is 17.7 Å². The van der Waals surface area contributed by atoms with E-state index in [-0.39, 0.29) is 0 Å². The van der Waals surface area contributed by atoms with Crippen LogP contribution in [0.2, 0.25) is 5.02 Å². The van der Waals surface area contributed by atoms with Crippen LogP contribution in [0.5, 0.6) is 0 Å². The van der Waals surface area contributed by atoms with Gasteiger partial charge in [0, 0.05) is 18.6 Å². The van der Waals surface area contributed by atoms with Crippen molar-refractivity contribution in [2.24, 2.45) is 0 Å². The molecule has 3 aromatic carbocycles. The zero-order chi connectivity index (χ0) is 14.8. The van der Waals surface area contributed by atoms with E-state index >= 15 is 0 Å². The molecule has 0 radical (unpaired) electrons. The van der Waals surface area contributed by atoms with E-state index in [9.17, 15) is 0 Å². The molecule has 3 heteroatoms. The van der Waals surface area contributed by atoms with Gasteiger partial charge in [0.2, 0.25) is 0 Å². The molecule has 3 rings (SSSR count). The Morgan fingerprint density at radius 2 is 1.76 bits per heavy atom. The number of halogens is 1. The highest BCUT2D eigenvalue weighted by Gasteiger charge is 2.08. The van der Waals surface area contributed by atoms with Gasteiger partial charge in [0.15, 0.2) is 0 Å². The van der Waals surface area contributed by atoms with Gasteiger partial charge in [-0.25, -0.2) is 0 Å². The molecule has 0 saturated heterocycles. The van der Waals surface area contributed by atoms with Crippen molar-refractivity contribution in [1.82, 2.24) is 0 Å². The first kappa shape index (κ1) is 13.8. The average Bonchev–Trinajstić information content (AvgIpc) is 2.50. The fourth-order valence-corrected chi connectivity index (χ4v) is 2.78. The number of nitrogens with two attached hydrogens (primary N) is 1. The summed E-state index contributed by atoms with van der Waals surface area (Å²) in [4.78, 5) is 2.13. The van der Waals surface area contributed by atoms with Crippen LogP contribution in [-0.2, 0) is 6.54 Å². The van der Waals surface area contributed by atoms with E-state index in [0.29, 0.717) is 5.02 Å². The van der Waals surface area contributed by atoms with Crippen LogP contribution in [-0.4, -0.2) is 7.05 Å². The molecule has 0 unspecified atom stereocenters. The van der Waals surface area contributed by atoms with E-state index in [1.807, 2.05) is 25.2 Å². The molecule has 2 nitrogen and oxygen atoms in total. The molecular formula is C18H17ClN2. The topological polar surface area (TPSA) is 29.3 Å². The number of benzene rings is 3. The number of fused-ring (bicyclic) bond motifs is 1. The Bertz CT molecular complexity index is 778. The molecule has 0 aromatic heterocycles. The Morgan fingerprint density at radius 1 is 1.00 bits per heavy atom. The van der Waals surface area contributed by atoms with Crippen LogP contribution in [0, 0.1) is 0 Å². The lowest BCUT2D eigenvalue weighted by molar-refractivity contribution is 0.932. The number of nitrogen functional groups attached to an aromatic ring is 1. The second-order valence-electron chi connectivity index (χ2n) is 5.20. The molecule has 0 saturated carbocycles. The maximum Gasteiger partial charge on any atom is 0.0615 e. The van der Waals surface area contributed by atoms with Crippen molar-refractivity contribution in [3.8, 4) is 0 Å². The zero-order valence-corrected chi connectivity index (χ0v) is 12.6. The molecule has 0 heterocycles. The normalized spacial score (nSPS) is 10.8. The van der Waals surface area contributed by atoms with Gasteiger partial charge in [0.25, 0.3) is 0 Å². The van der Waals surface area contributed by atoms with Crippen LogP contribution in [0.4, 0.5) is 11.4 Å². The molecule has 2 N–H and O–H groups in total. The Kier molecular flexibility index (Phi) is 3.72. The zero-order valence-electron chi connectivity index (χ0n) is 11.9. The Hall–Kier alpha value is -2.19. The van der Waals surface area contributed by atoms with Crippen LogP contribution in [0.3, 0.4) is 0 Å². The first-order valence-corrected chi connectivity index (χ1v) is 7.26. The lowest BCUT2D eigenvalue weighted by atomic mass is 10.0. The van der Waals surface area contributed by atoms with Crippen LogP contribution in [0.15, 0.2) is 60.7 Å². The summed E-state index contributed by atoms with van der Waals surface area (Å²) in [5.41, 5.74) is 9.02. The lowest BCUT2D eigenvalue weighted by Crippen LogP contribution is -2.18. The molecule has 0 spiro atoms. The third-order valence-corrected chi connectivity index (χ3v) is 3.93. The summed E-state index contributed by atoms with van der Waals surface area (Å²) < 4.78 is 0. The van der Waals surface area contributed by atoms with Gasteiger partial charge >= 0.3 is 0 Å². The van der Waals surface area contributed by atoms with Crippen molar-refractivity contribution in [1.29, 1.82) is 0 Å². The fourth-order valence-electron chi connectivity index (χ4n) is 2.62. The van der Waals surface area contributed by atoms with Crippen molar-refractivity contribution < 1.29 is 0 Å². The molecule has 3 aromatic rings. The average molecular weight is 297 g/mol. The second kappa shape index (κ2) is 5.66. The number of nitrogens with zero attached hydrogens (tertiary/aromatic N) is 1. The molecule has 0 aliphatic carbocycles. The van der Waals surface area contributed by atoms with Crippen LogP contribution in [0.1, 0.15) is 5.56 Å². The summed E-state index contributed by atoms with van der Waals surface area (Å²) in [5, 5.41) is 3.22. The summed E-state index contributed by atoms with van der Waals surface area (Å²) >= 11 is 6.08. The second-order valence-corrected chi connectivity index (χ2v) is 5.63. The molecule has 0 aliphatic heterocycles. The van der Waals surface area contributed by atoms with Gasteiger partial charge in [-0.3, -0.25) is 0 Å². The third-order valence-electron chi connectivity index (χ3n) is 3.69. The van der Waals surface area contributed by atoms with Crippen LogP contribution in [0.25, 0.3) is 10.8 Å². The molecule has 21 heavy (non-hydrogen) atoms. The number of anilines is 2. The molecule has 0 fully saturated rings. The van der Waals surface area contributed by atoms with E-state index in [0.717, 1.165) is 17.9 Å². The highest BCUT2D eigenvalue weighted by Crippen LogP contribution is 2.28. The minimum absolute atomic E-state index is 0.698. The van der Waals surface area contributed by atoms with Crippen molar-refractivity contribution in [3.05, 3.63) is 71.2 Å². The standard InChI is InChI=1S/C18H17ClN2/c1-21(18-11-15(19)9-10-17(18)20)12-14-7-4-6-13-5-2-3-8-16(13)14/h2-11H,12,20H2,1H3. The summed E-state index contributed by atoms with van der Waals surface area (Å²) in [6.07, 6.45) is 0. The van der Waals surface area contributed by atoms with Gasteiger partial charge in [-0.2, -0.15) is 0 Å². The van der Waals surface area contributed by atoms with Gasteiger partial charge in [0.05, 0.1) is 11.4 Å². The van der Waals surface area contributed by atoms with Crippen LogP contribution >= 0.6 is 11.6 Å². The number of hydrogen-bond acceptors (Lipinski definition) is 2. The van der Waals surface area contributed by atoms with Crippen molar-refractivity contribution in [3.63, 3.8) is 0 Å². The predicted octanol–water partition coefficient (Wildman–Crippen LogP) is 4.71. The molecule has 0 bridgehead atoms. The maximum absolute atomic E-state index is 6.08. The van der Waals surface area contributed by atoms with Gasteiger partial charge < -0.3 is 10.6 Å². The minimum atomic E-state index is 0.698. The predicted molar refractivity (Wildman–Crippen MR) is 91.9 cm³/mol. The van der Waals surface area contributed by atoms with E-state index in [2.05, 4.69) is 47.4 Å². The fraction of sp³-hybridized carbons (Fsp3) is 0.111. The quantitative estimate of drug-likeness (QED) is 0.709. The summed E-state index contributed by atoms with van der Waals surface area (Å²) in [6, 6.07) is 20.3. The summed E-state index contributed by atoms with van der Waals surface area (Å²) in [7, 11) is 2.03. The van der Waals surface area contributed by atoms with Gasteiger partial charge in [-0.15, -0.1) is 0 Å². The Balaban J connectivity index is 1.96. The highest BCUT2D eigenvalue weighted by molar-refractivity contribution is 6.31. The third kappa shape index (κ3) is 2.81. The number of hydrogen-bond donors (Lipinski definition) is 1. The molecule has 0 aliphatic rings. The van der Waals surface area contributed by atoms with E-state index in [1.54, 1.807) is 0 Å². The summed E-state index contributed by atoms with van der Waals surface area (Å²) in [6.45, 7) is 0.784. The van der Waals surface area contributed by atoms with E-state index in [4.69, 9.17) is 17.3 Å². The van der Waals surface area contributed by atoms with Gasteiger partial charge in [0.1, 0.15) is 0 Å². The Labute approximate surface area is 129 Å². The van der Waals surface area contributed by atoms with Gasteiger partial charge in [-0.05, 0) is 34.5 Å². The number of rotatable bonds is 3. The molecule has 106 valence electrons. The smallest absolute Gasteiger partial charge is 0.0615 e. The molecule has 0 amide bonds. The molecule has 0 atom stereocenters. The minimum Gasteiger partial charge on any atom is -0.397 e. The highest BCUT2D eigenvalue weighted by atomic mass is 35.5. The SMILES string of the molecule is CN(Cc1cccc2ccccc12)c1cc(Cl)ccc1N. The first-order chi connectivity index (χ1) is 10.1. The Morgan fingerprint density at radius 3 is 2.62 bits per heavy atom. The summed E-state index contributed by atoms with van der Waals surface area (Å²) in [5.74, 6) is 0. The van der Waals surface area contributed by atoms with Crippen molar-refractivity contribution in [2.45, 2.75) is 6.54 Å². The van der Waals surface area contributed by atoms with Gasteiger partial charge in [-0.1, -0.05) is 54.1 Å². The van der Waals surface area contributed by atoms with E-state index in [1.165, 1.54) is 16.3 Å². The first-order valence-electron chi connectivity index (χ1n) is 6.88. The van der Waals surface area contributed by atoms with Crippen molar-refractivity contribution >= 4 is 33.7 Å². The van der Waals surface area contributed by atoms with E-state index < -0.39 is 0 Å². The lowest BCUT2D eigenvalue weighted by Gasteiger charge is -2.22. The van der Waals surface area contributed by atoms with Crippen LogP contribution < -0.4 is 10.6 Å². The monoisotopic (exact) mass is 296 g/mol. The molecular weight excluding hydrogens is 280 g/mol.